The Morgan fingerprint density at radius 3 is 2.00 bits per heavy atom. The van der Waals surface area contributed by atoms with Crippen LogP contribution in [0.4, 0.5) is 13.2 Å². The minimum Gasteiger partial charge on any atom is -0.507 e. The maximum atomic E-state index is 14.0. The number of carbonyl (C=O) groups excluding carboxylic acids is 5. The zero-order valence-corrected chi connectivity index (χ0v) is 38.1. The summed E-state index contributed by atoms with van der Waals surface area (Å²) in [5, 5.41) is 47.9. The molecule has 0 aromatic heterocycles. The molecule has 0 bridgehead atoms. The Hall–Kier alpha value is -6.14. The molecule has 5 rings (SSSR count). The van der Waals surface area contributed by atoms with Gasteiger partial charge in [-0.1, -0.05) is 92.0 Å². The SMILES string of the molecule is CC/C=C/C/C=C/C/C=C/C/C=C/C/C=C/C/C=C\CCC(=O)OCC(=O)[C@]1(O)Cc2c(O)c3c(c(O)c2[C@@H](O[C@H]2C[C@H](NC(=O)C(F)(F)F)[C@H](O)[C@H](C)O2)C1)C(=O)c1c(OC)cccc1C3=O. The smallest absolute Gasteiger partial charge is 0.471 e. The van der Waals surface area contributed by atoms with Gasteiger partial charge in [-0.25, -0.2) is 0 Å². The first kappa shape index (κ1) is 52.8. The highest BCUT2D eigenvalue weighted by Gasteiger charge is 2.51. The van der Waals surface area contributed by atoms with Crippen molar-refractivity contribution in [1.82, 2.24) is 5.32 Å². The summed E-state index contributed by atoms with van der Waals surface area (Å²) in [6.07, 6.45) is 16.3. The third kappa shape index (κ3) is 13.1. The Bertz CT molecular complexity index is 2360. The first-order valence-electron chi connectivity index (χ1n) is 22.5. The number of Topliss-reactive ketones (excluding diaryl/α,β-unsaturated/α-hetero) is 1. The molecule has 1 heterocycles. The molecule has 68 heavy (non-hydrogen) atoms. The number of hydrogen-bond donors (Lipinski definition) is 5. The molecule has 1 saturated heterocycles. The summed E-state index contributed by atoms with van der Waals surface area (Å²) in [6, 6.07) is 2.57. The van der Waals surface area contributed by atoms with Gasteiger partial charge in [-0.2, -0.15) is 13.2 Å². The van der Waals surface area contributed by atoms with E-state index in [1.165, 1.54) is 32.2 Å². The molecule has 0 spiro atoms. The van der Waals surface area contributed by atoms with Crippen molar-refractivity contribution in [3.8, 4) is 17.2 Å². The maximum absolute atomic E-state index is 14.0. The number of ether oxygens (including phenoxy) is 4. The largest absolute Gasteiger partial charge is 0.507 e. The summed E-state index contributed by atoms with van der Waals surface area (Å²) in [4.78, 5) is 66.3. The van der Waals surface area contributed by atoms with E-state index in [4.69, 9.17) is 18.9 Å². The van der Waals surface area contributed by atoms with Crippen molar-refractivity contribution in [2.75, 3.05) is 13.7 Å². The van der Waals surface area contributed by atoms with E-state index in [1.807, 2.05) is 18.2 Å². The Balaban J connectivity index is 1.25. The van der Waals surface area contributed by atoms with E-state index >= 15 is 0 Å². The van der Waals surface area contributed by atoms with Gasteiger partial charge in [0.1, 0.15) is 29.0 Å². The summed E-state index contributed by atoms with van der Waals surface area (Å²) in [7, 11) is 1.26. The van der Waals surface area contributed by atoms with Crippen LogP contribution in [0.3, 0.4) is 0 Å². The summed E-state index contributed by atoms with van der Waals surface area (Å²) in [6.45, 7) is 2.45. The second-order valence-corrected chi connectivity index (χ2v) is 16.5. The van der Waals surface area contributed by atoms with Crippen LogP contribution >= 0.6 is 0 Å². The van der Waals surface area contributed by atoms with Crippen molar-refractivity contribution in [3.63, 3.8) is 0 Å². The number of carbonyl (C=O) groups is 5. The Kier molecular flexibility index (Phi) is 18.8. The number of rotatable bonds is 21. The number of halogens is 3. The molecule has 0 unspecified atom stereocenters. The Labute approximate surface area is 392 Å². The summed E-state index contributed by atoms with van der Waals surface area (Å²) in [5.74, 6) is -7.77. The van der Waals surface area contributed by atoms with E-state index in [2.05, 4.69) is 55.5 Å². The number of methoxy groups -OCH3 is 1. The monoisotopic (exact) mass is 949 g/mol. The number of aliphatic hydroxyl groups excluding tert-OH is 1. The van der Waals surface area contributed by atoms with Crippen LogP contribution in [-0.2, 0) is 35.0 Å². The zero-order chi connectivity index (χ0) is 49.6. The maximum Gasteiger partial charge on any atom is 0.471 e. The van der Waals surface area contributed by atoms with Crippen LogP contribution in [0.5, 0.6) is 17.2 Å². The lowest BCUT2D eigenvalue weighted by atomic mass is 9.72. The molecule has 1 aliphatic heterocycles. The zero-order valence-electron chi connectivity index (χ0n) is 38.1. The highest BCUT2D eigenvalue weighted by Crippen LogP contribution is 2.52. The number of allylic oxidation sites excluding steroid dienone is 12. The molecule has 14 nitrogen and oxygen atoms in total. The average Bonchev–Trinajstić information content (AvgIpc) is 3.30. The second-order valence-electron chi connectivity index (χ2n) is 16.5. The van der Waals surface area contributed by atoms with Gasteiger partial charge in [0, 0.05) is 42.4 Å². The van der Waals surface area contributed by atoms with Crippen LogP contribution < -0.4 is 10.1 Å². The highest BCUT2D eigenvalue weighted by molar-refractivity contribution is 6.31. The number of nitrogens with one attached hydrogen (secondary N) is 1. The molecule has 17 heteroatoms. The predicted molar refractivity (Wildman–Crippen MR) is 243 cm³/mol. The third-order valence-corrected chi connectivity index (χ3v) is 11.7. The molecule has 2 aromatic carbocycles. The normalized spacial score (nSPS) is 23.0. The molecule has 1 fully saturated rings. The number of ketones is 3. The van der Waals surface area contributed by atoms with E-state index in [9.17, 15) is 57.6 Å². The lowest BCUT2D eigenvalue weighted by Gasteiger charge is -2.43. The van der Waals surface area contributed by atoms with Crippen LogP contribution in [0.15, 0.2) is 91.1 Å². The van der Waals surface area contributed by atoms with E-state index < -0.39 is 126 Å². The standard InChI is InChI=1S/C51H58F3NO13/c1-4-5-6-7-8-9-10-11-12-13-14-15-16-17-18-19-20-21-22-26-38(57)66-30-37(56)50(64)28-33-41(36(29-50)68-39-27-34(44(58)31(2)67-39)55-49(63)51(52,53)54)48(62)43-42(46(33)60)45(59)32-24-23-25-35(65-3)40(32)47(43)61/h5-6,8-9,11-12,14-15,17-18,20-21,23-25,31,34,36,39,44,58,60,62,64H,4,7,10,13,16,19,22,26-30H2,1-3H3,(H,55,63)/b6-5+,9-8+,12-11+,15-14+,18-17+,21-20-/t31-,34-,36-,39-,44+,50-/m0/s1. The van der Waals surface area contributed by atoms with Gasteiger partial charge in [0.2, 0.25) is 11.6 Å². The van der Waals surface area contributed by atoms with Crippen LogP contribution in [0, 0.1) is 0 Å². The number of alkyl halides is 3. The number of fused-ring (bicyclic) bond motifs is 3. The average molecular weight is 950 g/mol. The van der Waals surface area contributed by atoms with Crippen LogP contribution in [0.25, 0.3) is 0 Å². The van der Waals surface area contributed by atoms with Crippen molar-refractivity contribution in [1.29, 1.82) is 0 Å². The van der Waals surface area contributed by atoms with Gasteiger partial charge >= 0.3 is 18.1 Å². The number of aliphatic hydroxyl groups is 2. The molecule has 2 aliphatic carbocycles. The number of aromatic hydroxyl groups is 2. The van der Waals surface area contributed by atoms with Gasteiger partial charge in [-0.3, -0.25) is 24.0 Å². The fourth-order valence-corrected chi connectivity index (χ4v) is 8.16. The van der Waals surface area contributed by atoms with Gasteiger partial charge in [-0.15, -0.1) is 0 Å². The van der Waals surface area contributed by atoms with Gasteiger partial charge in [-0.05, 0) is 57.9 Å². The lowest BCUT2D eigenvalue weighted by Crippen LogP contribution is -2.57. The minimum atomic E-state index is -5.30. The molecule has 3 aliphatic rings. The van der Waals surface area contributed by atoms with Crippen LogP contribution in [0.2, 0.25) is 0 Å². The quantitative estimate of drug-likeness (QED) is 0.0393. The van der Waals surface area contributed by atoms with Crippen LogP contribution in [0.1, 0.15) is 127 Å². The van der Waals surface area contributed by atoms with Gasteiger partial charge in [0.25, 0.3) is 0 Å². The predicted octanol–water partition coefficient (Wildman–Crippen LogP) is 7.75. The molecular weight excluding hydrogens is 892 g/mol. The number of phenols is 2. The van der Waals surface area contributed by atoms with Gasteiger partial charge in [0.05, 0.1) is 42.0 Å². The lowest BCUT2D eigenvalue weighted by molar-refractivity contribution is -0.250. The van der Waals surface area contributed by atoms with E-state index in [0.29, 0.717) is 6.42 Å². The number of esters is 1. The third-order valence-electron chi connectivity index (χ3n) is 11.7. The van der Waals surface area contributed by atoms with Crippen molar-refractivity contribution >= 4 is 29.2 Å². The molecule has 6 atom stereocenters. The van der Waals surface area contributed by atoms with E-state index in [0.717, 1.165) is 32.1 Å². The van der Waals surface area contributed by atoms with Gasteiger partial charge in [0.15, 0.2) is 18.7 Å². The molecule has 0 radical (unpaired) electrons. The molecule has 0 saturated carbocycles. The fourth-order valence-electron chi connectivity index (χ4n) is 8.16. The minimum absolute atomic E-state index is 0.0158. The highest BCUT2D eigenvalue weighted by atomic mass is 19.4. The summed E-state index contributed by atoms with van der Waals surface area (Å²) < 4.78 is 61.9. The summed E-state index contributed by atoms with van der Waals surface area (Å²) in [5.41, 5.74) is -4.95. The van der Waals surface area contributed by atoms with Crippen molar-refractivity contribution in [3.05, 3.63) is 124 Å². The number of hydrogen-bond acceptors (Lipinski definition) is 13. The Morgan fingerprint density at radius 1 is 0.853 bits per heavy atom. The number of benzene rings is 2. The molecule has 366 valence electrons. The van der Waals surface area contributed by atoms with Crippen molar-refractivity contribution < 1.29 is 76.5 Å². The number of phenolic OH excluding ortho intramolecular Hbond substituents is 2. The van der Waals surface area contributed by atoms with Crippen LogP contribution in [-0.4, -0.2) is 99.7 Å². The first-order valence-corrected chi connectivity index (χ1v) is 22.5. The van der Waals surface area contributed by atoms with Crippen molar-refractivity contribution in [2.24, 2.45) is 0 Å². The fraction of sp³-hybridized carbons (Fsp3) is 0.431. The second kappa shape index (κ2) is 24.2. The van der Waals surface area contributed by atoms with Gasteiger partial charge < -0.3 is 44.7 Å². The Morgan fingerprint density at radius 2 is 1.43 bits per heavy atom. The molecule has 5 N–H and O–H groups in total. The molecule has 2 aromatic rings. The number of amides is 1. The van der Waals surface area contributed by atoms with E-state index in [-0.39, 0.29) is 35.3 Å². The topological polar surface area (TPSA) is 215 Å². The van der Waals surface area contributed by atoms with Crippen molar-refractivity contribution in [2.45, 2.75) is 127 Å². The first-order chi connectivity index (χ1) is 32.4. The molecular formula is C51H58F3NO13. The van der Waals surface area contributed by atoms with E-state index in [1.54, 1.807) is 11.4 Å². The molecule has 1 amide bonds. The summed E-state index contributed by atoms with van der Waals surface area (Å²) >= 11 is 0.